The van der Waals surface area contributed by atoms with Gasteiger partial charge in [-0.25, -0.2) is 0 Å². The molecule has 0 fully saturated rings. The first kappa shape index (κ1) is 15.7. The average Bonchev–Trinajstić information content (AvgIpc) is 2.75. The van der Waals surface area contributed by atoms with Crippen molar-refractivity contribution in [3.05, 3.63) is 66.2 Å². The summed E-state index contributed by atoms with van der Waals surface area (Å²) in [5, 5.41) is 0. The second-order valence-electron chi connectivity index (χ2n) is 5.92. The summed E-state index contributed by atoms with van der Waals surface area (Å²) in [7, 11) is -4.33. The predicted octanol–water partition coefficient (Wildman–Crippen LogP) is 4.83. The largest absolute Gasteiger partial charge is 0.295 e. The quantitative estimate of drug-likeness (QED) is 0.701. The molecular formula is C19H18O3S. The minimum atomic E-state index is -4.33. The van der Waals surface area contributed by atoms with Gasteiger partial charge in [0.1, 0.15) is 4.90 Å². The van der Waals surface area contributed by atoms with Crippen LogP contribution in [0.3, 0.4) is 0 Å². The molecule has 0 aliphatic heterocycles. The van der Waals surface area contributed by atoms with Crippen molar-refractivity contribution in [2.75, 3.05) is 0 Å². The van der Waals surface area contributed by atoms with Crippen LogP contribution in [-0.2, 0) is 10.1 Å². The highest BCUT2D eigenvalue weighted by molar-refractivity contribution is 7.86. The van der Waals surface area contributed by atoms with Gasteiger partial charge in [0.15, 0.2) is 0 Å². The number of rotatable bonds is 3. The monoisotopic (exact) mass is 326 g/mol. The van der Waals surface area contributed by atoms with Crippen molar-refractivity contribution < 1.29 is 13.0 Å². The molecule has 23 heavy (non-hydrogen) atoms. The highest BCUT2D eigenvalue weighted by Crippen LogP contribution is 2.40. The maximum absolute atomic E-state index is 12.0. The summed E-state index contributed by atoms with van der Waals surface area (Å²) in [4.78, 5) is -0.0235. The van der Waals surface area contributed by atoms with Crippen LogP contribution in [0.5, 0.6) is 0 Å². The van der Waals surface area contributed by atoms with E-state index in [0.717, 1.165) is 16.7 Å². The fourth-order valence-electron chi connectivity index (χ4n) is 2.80. The minimum Gasteiger partial charge on any atom is -0.282 e. The van der Waals surface area contributed by atoms with E-state index in [1.54, 1.807) is 6.07 Å². The van der Waals surface area contributed by atoms with E-state index in [2.05, 4.69) is 13.8 Å². The van der Waals surface area contributed by atoms with Crippen molar-refractivity contribution >= 4 is 10.1 Å². The maximum Gasteiger partial charge on any atom is 0.295 e. The van der Waals surface area contributed by atoms with E-state index in [4.69, 9.17) is 0 Å². The molecule has 0 unspecified atom stereocenters. The zero-order chi connectivity index (χ0) is 16.6. The van der Waals surface area contributed by atoms with Crippen LogP contribution >= 0.6 is 0 Å². The Morgan fingerprint density at radius 1 is 0.826 bits per heavy atom. The van der Waals surface area contributed by atoms with Gasteiger partial charge >= 0.3 is 0 Å². The summed E-state index contributed by atoms with van der Waals surface area (Å²) in [6.07, 6.45) is 0. The molecule has 0 atom stereocenters. The Morgan fingerprint density at radius 3 is 2.09 bits per heavy atom. The van der Waals surface area contributed by atoms with Gasteiger partial charge in [-0.3, -0.25) is 4.55 Å². The van der Waals surface area contributed by atoms with Gasteiger partial charge in [-0.1, -0.05) is 68.4 Å². The highest BCUT2D eigenvalue weighted by atomic mass is 32.2. The molecule has 1 aromatic rings. The topological polar surface area (TPSA) is 54.4 Å². The van der Waals surface area contributed by atoms with E-state index in [1.807, 2.05) is 54.6 Å². The fourth-order valence-corrected chi connectivity index (χ4v) is 3.72. The molecule has 0 saturated carbocycles. The van der Waals surface area contributed by atoms with Crippen LogP contribution in [0.1, 0.15) is 25.3 Å². The Kier molecular flexibility index (Phi) is 3.96. The van der Waals surface area contributed by atoms with E-state index in [1.165, 1.54) is 0 Å². The second-order valence-corrected chi connectivity index (χ2v) is 7.28. The van der Waals surface area contributed by atoms with Crippen LogP contribution in [-0.4, -0.2) is 13.0 Å². The van der Waals surface area contributed by atoms with Crippen molar-refractivity contribution in [3.63, 3.8) is 0 Å². The van der Waals surface area contributed by atoms with Crippen LogP contribution in [0, 0.1) is 0 Å². The third-order valence-corrected chi connectivity index (χ3v) is 4.96. The van der Waals surface area contributed by atoms with Gasteiger partial charge in [-0.2, -0.15) is 8.42 Å². The zero-order valence-corrected chi connectivity index (χ0v) is 13.8. The second kappa shape index (κ2) is 5.80. The number of hydrogen-bond donors (Lipinski definition) is 1. The molecule has 1 aromatic carbocycles. The van der Waals surface area contributed by atoms with Crippen molar-refractivity contribution in [2.24, 2.45) is 0 Å². The molecule has 0 amide bonds. The van der Waals surface area contributed by atoms with Crippen molar-refractivity contribution in [1.82, 2.24) is 0 Å². The molecule has 2 aliphatic carbocycles. The molecule has 3 rings (SSSR count). The highest BCUT2D eigenvalue weighted by Gasteiger charge is 2.25. The van der Waals surface area contributed by atoms with Crippen LogP contribution in [0.15, 0.2) is 65.6 Å². The molecule has 4 heteroatoms. The molecule has 0 saturated heterocycles. The lowest BCUT2D eigenvalue weighted by atomic mass is 10.1. The minimum absolute atomic E-state index is 0.0235. The summed E-state index contributed by atoms with van der Waals surface area (Å²) < 4.78 is 33.7. The van der Waals surface area contributed by atoms with E-state index in [9.17, 15) is 13.0 Å². The van der Waals surface area contributed by atoms with Crippen molar-refractivity contribution in [3.8, 4) is 22.3 Å². The first-order chi connectivity index (χ1) is 10.9. The SMILES string of the molecule is CC(C)c1ccc2cc(-c3ccccc3)c(S(=O)(=O)O)c-2cc1. The van der Waals surface area contributed by atoms with Gasteiger partial charge in [0, 0.05) is 11.1 Å². The maximum atomic E-state index is 12.0. The van der Waals surface area contributed by atoms with E-state index >= 15 is 0 Å². The molecule has 3 nitrogen and oxygen atoms in total. The molecule has 118 valence electrons. The number of hydrogen-bond acceptors (Lipinski definition) is 2. The van der Waals surface area contributed by atoms with Crippen molar-refractivity contribution in [1.29, 1.82) is 0 Å². The first-order valence-electron chi connectivity index (χ1n) is 7.47. The van der Waals surface area contributed by atoms with Gasteiger partial charge in [-0.05, 0) is 28.7 Å². The number of fused-ring (bicyclic) bond motifs is 1. The normalized spacial score (nSPS) is 12.0. The predicted molar refractivity (Wildman–Crippen MR) is 92.4 cm³/mol. The summed E-state index contributed by atoms with van der Waals surface area (Å²) in [5.74, 6) is 0.342. The molecule has 0 bridgehead atoms. The van der Waals surface area contributed by atoms with Crippen LogP contribution in [0.2, 0.25) is 0 Å². The summed E-state index contributed by atoms with van der Waals surface area (Å²) in [6, 6.07) is 18.6. The zero-order valence-electron chi connectivity index (χ0n) is 13.0. The molecule has 1 N–H and O–H groups in total. The molecular weight excluding hydrogens is 308 g/mol. The Morgan fingerprint density at radius 2 is 1.48 bits per heavy atom. The smallest absolute Gasteiger partial charge is 0.282 e. The van der Waals surface area contributed by atoms with Gasteiger partial charge in [0.25, 0.3) is 10.1 Å². The van der Waals surface area contributed by atoms with Crippen LogP contribution < -0.4 is 0 Å². The Balaban J connectivity index is 2.34. The van der Waals surface area contributed by atoms with E-state index in [-0.39, 0.29) is 4.90 Å². The Labute approximate surface area is 136 Å². The van der Waals surface area contributed by atoms with Gasteiger partial charge in [0.2, 0.25) is 0 Å². The number of benzene rings is 1. The summed E-state index contributed by atoms with van der Waals surface area (Å²) >= 11 is 0. The van der Waals surface area contributed by atoms with Crippen molar-refractivity contribution in [2.45, 2.75) is 24.7 Å². The summed E-state index contributed by atoms with van der Waals surface area (Å²) in [5.41, 5.74) is 3.74. The third kappa shape index (κ3) is 3.00. The van der Waals surface area contributed by atoms with E-state index < -0.39 is 10.1 Å². The lowest BCUT2D eigenvalue weighted by Crippen LogP contribution is -1.99. The van der Waals surface area contributed by atoms with Crippen LogP contribution in [0.4, 0.5) is 0 Å². The van der Waals surface area contributed by atoms with Crippen LogP contribution in [0.25, 0.3) is 22.3 Å². The first-order valence-corrected chi connectivity index (χ1v) is 8.91. The van der Waals surface area contributed by atoms with Gasteiger partial charge < -0.3 is 0 Å². The standard InChI is InChI=1S/C19H18O3S/c1-13(2)14-8-9-16-12-18(15-6-4-3-5-7-15)19(23(20,21)22)17(16)11-10-14/h3-13H,1-2H3,(H,20,21,22). The Bertz CT molecular complexity index is 913. The van der Waals surface area contributed by atoms with Gasteiger partial charge in [0.05, 0.1) is 0 Å². The third-order valence-electron chi connectivity index (χ3n) is 4.01. The average molecular weight is 326 g/mol. The van der Waals surface area contributed by atoms with Gasteiger partial charge in [-0.15, -0.1) is 0 Å². The fraction of sp³-hybridized carbons (Fsp3) is 0.158. The molecule has 2 aliphatic rings. The molecule has 0 heterocycles. The molecule has 0 spiro atoms. The molecule has 0 aromatic heterocycles. The lowest BCUT2D eigenvalue weighted by Gasteiger charge is -2.03. The lowest BCUT2D eigenvalue weighted by molar-refractivity contribution is 0.484. The molecule has 0 radical (unpaired) electrons. The Hall–Kier alpha value is -2.17. The van der Waals surface area contributed by atoms with E-state index in [0.29, 0.717) is 17.0 Å². The summed E-state index contributed by atoms with van der Waals surface area (Å²) in [6.45, 7) is 4.16.